The maximum absolute atomic E-state index is 12.7. The fourth-order valence-corrected chi connectivity index (χ4v) is 5.52. The molecule has 6 heteroatoms. The Bertz CT molecular complexity index is 709. The van der Waals surface area contributed by atoms with Crippen LogP contribution in [0.4, 0.5) is 0 Å². The maximum atomic E-state index is 12.7. The number of hydrogen-bond donors (Lipinski definition) is 1. The Kier molecular flexibility index (Phi) is 6.35. The van der Waals surface area contributed by atoms with E-state index in [1.807, 2.05) is 0 Å². The van der Waals surface area contributed by atoms with E-state index in [1.54, 1.807) is 28.6 Å². The van der Waals surface area contributed by atoms with Gasteiger partial charge in [0.1, 0.15) is 0 Å². The average Bonchev–Trinajstić information content (AvgIpc) is 2.65. The van der Waals surface area contributed by atoms with Crippen LogP contribution in [0.15, 0.2) is 29.2 Å². The molecule has 2 atom stereocenters. The van der Waals surface area contributed by atoms with Crippen LogP contribution in [0.25, 0.3) is 0 Å². The van der Waals surface area contributed by atoms with Gasteiger partial charge < -0.3 is 5.32 Å². The number of carbonyl (C=O) groups excluding carboxylic acids is 1. The fraction of sp³-hybridized carbons (Fsp3) is 0.650. The average molecular weight is 379 g/mol. The van der Waals surface area contributed by atoms with Crippen molar-refractivity contribution in [3.8, 4) is 0 Å². The van der Waals surface area contributed by atoms with Crippen LogP contribution in [-0.4, -0.2) is 37.8 Å². The first kappa shape index (κ1) is 19.4. The van der Waals surface area contributed by atoms with E-state index >= 15 is 0 Å². The van der Waals surface area contributed by atoms with Gasteiger partial charge in [-0.25, -0.2) is 8.42 Å². The molecule has 5 nitrogen and oxygen atoms in total. The molecule has 1 aliphatic heterocycles. The van der Waals surface area contributed by atoms with Crippen LogP contribution in [-0.2, 0) is 21.2 Å². The quantitative estimate of drug-likeness (QED) is 0.856. The minimum absolute atomic E-state index is 0.0235. The highest BCUT2D eigenvalue weighted by Crippen LogP contribution is 2.24. The molecule has 1 saturated heterocycles. The number of nitrogens with one attached hydrogen (secondary N) is 1. The van der Waals surface area contributed by atoms with Crippen LogP contribution in [0.2, 0.25) is 0 Å². The van der Waals surface area contributed by atoms with Crippen molar-refractivity contribution in [3.63, 3.8) is 0 Å². The van der Waals surface area contributed by atoms with Gasteiger partial charge in [-0.15, -0.1) is 0 Å². The molecule has 144 valence electrons. The largest absolute Gasteiger partial charge is 0.353 e. The molecular weight excluding hydrogens is 348 g/mol. The summed E-state index contributed by atoms with van der Waals surface area (Å²) >= 11 is 0. The zero-order valence-corrected chi connectivity index (χ0v) is 16.4. The van der Waals surface area contributed by atoms with Gasteiger partial charge in [0, 0.05) is 19.1 Å². The summed E-state index contributed by atoms with van der Waals surface area (Å²) in [6.07, 6.45) is 7.91. The molecule has 2 aliphatic rings. The highest BCUT2D eigenvalue weighted by Gasteiger charge is 2.26. The molecule has 1 heterocycles. The van der Waals surface area contributed by atoms with Crippen molar-refractivity contribution in [1.29, 1.82) is 0 Å². The van der Waals surface area contributed by atoms with Gasteiger partial charge in [-0.1, -0.05) is 38.3 Å². The summed E-state index contributed by atoms with van der Waals surface area (Å²) in [5, 5.41) is 3.15. The Morgan fingerprint density at radius 1 is 1.04 bits per heavy atom. The van der Waals surface area contributed by atoms with E-state index in [1.165, 1.54) is 19.3 Å². The second kappa shape index (κ2) is 8.53. The Balaban J connectivity index is 1.59. The molecule has 1 aliphatic carbocycles. The monoisotopic (exact) mass is 378 g/mol. The molecule has 0 spiro atoms. The molecule has 2 unspecified atom stereocenters. The van der Waals surface area contributed by atoms with Crippen LogP contribution in [0.3, 0.4) is 0 Å². The topological polar surface area (TPSA) is 66.5 Å². The van der Waals surface area contributed by atoms with E-state index in [0.29, 0.717) is 30.3 Å². The molecule has 2 fully saturated rings. The van der Waals surface area contributed by atoms with Gasteiger partial charge in [0.25, 0.3) is 0 Å². The minimum atomic E-state index is -3.40. The number of benzene rings is 1. The number of piperidine rings is 1. The Hall–Kier alpha value is -1.40. The lowest BCUT2D eigenvalue weighted by molar-refractivity contribution is -0.121. The first-order valence-corrected chi connectivity index (χ1v) is 11.3. The summed E-state index contributed by atoms with van der Waals surface area (Å²) < 4.78 is 26.9. The number of hydrogen-bond acceptors (Lipinski definition) is 3. The third kappa shape index (κ3) is 4.65. The van der Waals surface area contributed by atoms with E-state index in [0.717, 1.165) is 31.2 Å². The third-order valence-corrected chi connectivity index (χ3v) is 7.61. The van der Waals surface area contributed by atoms with Crippen LogP contribution < -0.4 is 5.32 Å². The maximum Gasteiger partial charge on any atom is 0.243 e. The van der Waals surface area contributed by atoms with E-state index in [2.05, 4.69) is 12.2 Å². The molecule has 1 amide bonds. The molecule has 26 heavy (non-hydrogen) atoms. The Morgan fingerprint density at radius 2 is 1.69 bits per heavy atom. The second-order valence-electron chi connectivity index (χ2n) is 7.72. The van der Waals surface area contributed by atoms with Gasteiger partial charge >= 0.3 is 0 Å². The zero-order chi connectivity index (χ0) is 18.6. The predicted octanol–water partition coefficient (Wildman–Crippen LogP) is 3.10. The standard InChI is InChI=1S/C20H30N2O3S/c1-16-7-3-4-8-19(16)21-20(23)15-17-9-11-18(12-10-17)26(24,25)22-13-5-2-6-14-22/h9-12,16,19H,2-8,13-15H2,1H3,(H,21,23). The van der Waals surface area contributed by atoms with E-state index < -0.39 is 10.0 Å². The molecule has 1 N–H and O–H groups in total. The van der Waals surface area contributed by atoms with E-state index in [-0.39, 0.29) is 11.9 Å². The van der Waals surface area contributed by atoms with Gasteiger partial charge in [0.2, 0.25) is 15.9 Å². The minimum Gasteiger partial charge on any atom is -0.353 e. The molecule has 0 radical (unpaired) electrons. The summed E-state index contributed by atoms with van der Waals surface area (Å²) in [5.74, 6) is 0.556. The van der Waals surface area contributed by atoms with E-state index in [4.69, 9.17) is 0 Å². The van der Waals surface area contributed by atoms with Crippen molar-refractivity contribution in [3.05, 3.63) is 29.8 Å². The first-order chi connectivity index (χ1) is 12.5. The Labute approximate surface area is 157 Å². The lowest BCUT2D eigenvalue weighted by atomic mass is 9.86. The molecule has 0 bridgehead atoms. The summed E-state index contributed by atoms with van der Waals surface area (Å²) in [4.78, 5) is 12.6. The third-order valence-electron chi connectivity index (χ3n) is 5.70. The summed E-state index contributed by atoms with van der Waals surface area (Å²) in [7, 11) is -3.40. The summed E-state index contributed by atoms with van der Waals surface area (Å²) in [5.41, 5.74) is 0.851. The Morgan fingerprint density at radius 3 is 2.35 bits per heavy atom. The second-order valence-corrected chi connectivity index (χ2v) is 9.66. The van der Waals surface area contributed by atoms with Crippen molar-refractivity contribution in [2.75, 3.05) is 13.1 Å². The van der Waals surface area contributed by atoms with Crippen LogP contribution in [0, 0.1) is 5.92 Å². The number of amides is 1. The van der Waals surface area contributed by atoms with Crippen molar-refractivity contribution in [1.82, 2.24) is 9.62 Å². The molecule has 1 aromatic carbocycles. The number of sulfonamides is 1. The molecular formula is C20H30N2O3S. The van der Waals surface area contributed by atoms with Gasteiger partial charge in [0.15, 0.2) is 0 Å². The van der Waals surface area contributed by atoms with Crippen LogP contribution >= 0.6 is 0 Å². The van der Waals surface area contributed by atoms with Gasteiger partial charge in [0.05, 0.1) is 11.3 Å². The molecule has 1 saturated carbocycles. The lowest BCUT2D eigenvalue weighted by Crippen LogP contribution is -2.41. The SMILES string of the molecule is CC1CCCCC1NC(=O)Cc1ccc(S(=O)(=O)N2CCCCC2)cc1. The van der Waals surface area contributed by atoms with Gasteiger partial charge in [-0.05, 0) is 49.3 Å². The zero-order valence-electron chi connectivity index (χ0n) is 15.6. The summed E-state index contributed by atoms with van der Waals surface area (Å²) in [6, 6.07) is 7.07. The molecule has 3 rings (SSSR count). The van der Waals surface area contributed by atoms with Crippen LogP contribution in [0.1, 0.15) is 57.4 Å². The fourth-order valence-electron chi connectivity index (χ4n) is 4.01. The van der Waals surface area contributed by atoms with E-state index in [9.17, 15) is 13.2 Å². The molecule has 1 aromatic rings. The number of rotatable bonds is 5. The van der Waals surface area contributed by atoms with Gasteiger partial charge in [-0.2, -0.15) is 4.31 Å². The van der Waals surface area contributed by atoms with Crippen molar-refractivity contribution in [2.45, 2.75) is 69.2 Å². The van der Waals surface area contributed by atoms with Crippen molar-refractivity contribution in [2.24, 2.45) is 5.92 Å². The molecule has 0 aromatic heterocycles. The number of nitrogens with zero attached hydrogens (tertiary/aromatic N) is 1. The number of carbonyl (C=O) groups is 1. The van der Waals surface area contributed by atoms with Crippen molar-refractivity contribution >= 4 is 15.9 Å². The lowest BCUT2D eigenvalue weighted by Gasteiger charge is -2.29. The first-order valence-electron chi connectivity index (χ1n) is 9.85. The summed E-state index contributed by atoms with van der Waals surface area (Å²) in [6.45, 7) is 3.41. The van der Waals surface area contributed by atoms with Gasteiger partial charge in [-0.3, -0.25) is 4.79 Å². The normalized spacial score (nSPS) is 25.0. The smallest absolute Gasteiger partial charge is 0.243 e. The predicted molar refractivity (Wildman–Crippen MR) is 102 cm³/mol. The van der Waals surface area contributed by atoms with Crippen molar-refractivity contribution < 1.29 is 13.2 Å². The van der Waals surface area contributed by atoms with Crippen LogP contribution in [0.5, 0.6) is 0 Å². The highest BCUT2D eigenvalue weighted by atomic mass is 32.2. The highest BCUT2D eigenvalue weighted by molar-refractivity contribution is 7.89.